The topological polar surface area (TPSA) is 88.1 Å². The molecule has 7 nitrogen and oxygen atoms in total. The van der Waals surface area contributed by atoms with Crippen LogP contribution in [0.15, 0.2) is 0 Å². The minimum atomic E-state index is -1.01. The van der Waals surface area contributed by atoms with E-state index in [2.05, 4.69) is 5.32 Å². The van der Waals surface area contributed by atoms with Crippen molar-refractivity contribution in [3.05, 3.63) is 0 Å². The van der Waals surface area contributed by atoms with Crippen molar-refractivity contribution in [2.24, 2.45) is 0 Å². The van der Waals surface area contributed by atoms with E-state index in [1.165, 1.54) is 12.0 Å². The third-order valence-electron chi connectivity index (χ3n) is 3.34. The molecule has 20 heavy (non-hydrogen) atoms. The van der Waals surface area contributed by atoms with E-state index >= 15 is 0 Å². The highest BCUT2D eigenvalue weighted by Gasteiger charge is 2.40. The van der Waals surface area contributed by atoms with E-state index in [0.717, 1.165) is 0 Å². The fraction of sp³-hybridized carbons (Fsp3) is 0.846. The van der Waals surface area contributed by atoms with Gasteiger partial charge in [-0.15, -0.1) is 0 Å². The maximum Gasteiger partial charge on any atom is 0.326 e. The number of amides is 2. The van der Waals surface area contributed by atoms with E-state index in [0.29, 0.717) is 19.6 Å². The average Bonchev–Trinajstić information content (AvgIpc) is 2.80. The molecule has 2 unspecified atom stereocenters. The fourth-order valence-corrected chi connectivity index (χ4v) is 2.26. The molecule has 0 aromatic rings. The number of nitrogens with zero attached hydrogens (tertiary/aromatic N) is 1. The molecule has 2 N–H and O–H groups in total. The number of carboxylic acids is 1. The molecular formula is C13H24N2O5. The Bertz CT molecular complexity index is 359. The highest BCUT2D eigenvalue weighted by molar-refractivity contribution is 5.83. The quantitative estimate of drug-likeness (QED) is 0.750. The number of methoxy groups -OCH3 is 1. The zero-order valence-corrected chi connectivity index (χ0v) is 12.5. The third-order valence-corrected chi connectivity index (χ3v) is 3.34. The molecule has 0 bridgehead atoms. The molecule has 116 valence electrons. The van der Waals surface area contributed by atoms with Crippen molar-refractivity contribution in [1.82, 2.24) is 10.2 Å². The van der Waals surface area contributed by atoms with E-state index in [-0.39, 0.29) is 12.6 Å². The summed E-state index contributed by atoms with van der Waals surface area (Å²) in [5, 5.41) is 11.9. The fourth-order valence-electron chi connectivity index (χ4n) is 2.26. The van der Waals surface area contributed by atoms with Crippen LogP contribution in [0.2, 0.25) is 0 Å². The van der Waals surface area contributed by atoms with Crippen LogP contribution < -0.4 is 5.32 Å². The van der Waals surface area contributed by atoms with Gasteiger partial charge in [-0.25, -0.2) is 9.59 Å². The van der Waals surface area contributed by atoms with Crippen LogP contribution in [0, 0.1) is 0 Å². The molecule has 0 aliphatic carbocycles. The summed E-state index contributed by atoms with van der Waals surface area (Å²) >= 11 is 0. The molecule has 0 radical (unpaired) electrons. The lowest BCUT2D eigenvalue weighted by Crippen LogP contribution is -2.50. The van der Waals surface area contributed by atoms with Gasteiger partial charge in [-0.2, -0.15) is 0 Å². The van der Waals surface area contributed by atoms with Crippen molar-refractivity contribution < 1.29 is 24.2 Å². The highest BCUT2D eigenvalue weighted by atomic mass is 16.5. The zero-order valence-electron chi connectivity index (χ0n) is 12.5. The molecule has 2 amide bonds. The summed E-state index contributed by atoms with van der Waals surface area (Å²) in [5.74, 6) is -1.01. The number of carboxylic acid groups (broad SMARTS) is 1. The second kappa shape index (κ2) is 6.90. The maximum atomic E-state index is 12.1. The lowest BCUT2D eigenvalue weighted by molar-refractivity contribution is -0.141. The number of hydrogen-bond acceptors (Lipinski definition) is 4. The Morgan fingerprint density at radius 1 is 1.45 bits per heavy atom. The number of rotatable bonds is 6. The number of ether oxygens (including phenoxy) is 2. The Morgan fingerprint density at radius 2 is 2.10 bits per heavy atom. The molecule has 1 fully saturated rings. The van der Waals surface area contributed by atoms with Crippen LogP contribution in [0.1, 0.15) is 27.2 Å². The van der Waals surface area contributed by atoms with Gasteiger partial charge >= 0.3 is 12.0 Å². The summed E-state index contributed by atoms with van der Waals surface area (Å²) in [4.78, 5) is 24.6. The van der Waals surface area contributed by atoms with Crippen LogP contribution in [0.3, 0.4) is 0 Å². The van der Waals surface area contributed by atoms with Gasteiger partial charge in [0.15, 0.2) is 0 Å². The van der Waals surface area contributed by atoms with Gasteiger partial charge < -0.3 is 24.8 Å². The molecule has 1 aliphatic rings. The number of urea groups is 1. The van der Waals surface area contributed by atoms with Gasteiger partial charge in [0, 0.05) is 33.2 Å². The number of nitrogens with one attached hydrogen (secondary N) is 1. The normalized spacial score (nSPS) is 22.9. The first-order chi connectivity index (χ1) is 9.30. The van der Waals surface area contributed by atoms with Crippen molar-refractivity contribution in [3.8, 4) is 0 Å². The maximum absolute atomic E-state index is 12.1. The summed E-state index contributed by atoms with van der Waals surface area (Å²) in [6.07, 6.45) is 0.0791. The Labute approximate surface area is 119 Å². The molecular weight excluding hydrogens is 264 g/mol. The first-order valence-corrected chi connectivity index (χ1v) is 6.74. The largest absolute Gasteiger partial charge is 0.480 e. The predicted molar refractivity (Wildman–Crippen MR) is 72.6 cm³/mol. The number of aliphatic carboxylic acids is 1. The predicted octanol–water partition coefficient (Wildman–Crippen LogP) is 0.685. The molecule has 1 aliphatic heterocycles. The molecule has 0 spiro atoms. The Balaban J connectivity index is 2.59. The lowest BCUT2D eigenvalue weighted by Gasteiger charge is -2.27. The Hall–Kier alpha value is -1.34. The zero-order chi connectivity index (χ0) is 15.3. The van der Waals surface area contributed by atoms with Crippen molar-refractivity contribution in [1.29, 1.82) is 0 Å². The Morgan fingerprint density at radius 3 is 2.60 bits per heavy atom. The van der Waals surface area contributed by atoms with Crippen molar-refractivity contribution in [2.75, 3.05) is 26.8 Å². The number of likely N-dealkylation sites (tertiary alicyclic amines) is 1. The minimum Gasteiger partial charge on any atom is -0.480 e. The second-order valence-electron chi connectivity index (χ2n) is 5.45. The summed E-state index contributed by atoms with van der Waals surface area (Å²) in [5.41, 5.74) is -0.483. The van der Waals surface area contributed by atoms with Crippen LogP contribution in [0.4, 0.5) is 4.79 Å². The molecule has 0 saturated carbocycles. The van der Waals surface area contributed by atoms with Crippen LogP contribution in [0.25, 0.3) is 0 Å². The summed E-state index contributed by atoms with van der Waals surface area (Å²) in [6.45, 7) is 6.78. The molecule has 1 heterocycles. The van der Waals surface area contributed by atoms with Crippen molar-refractivity contribution in [2.45, 2.75) is 44.9 Å². The monoisotopic (exact) mass is 288 g/mol. The van der Waals surface area contributed by atoms with Crippen LogP contribution in [-0.2, 0) is 14.3 Å². The number of carbonyl (C=O) groups excluding carboxylic acids is 1. The van der Waals surface area contributed by atoms with Crippen LogP contribution in [-0.4, -0.2) is 66.6 Å². The summed E-state index contributed by atoms with van der Waals surface area (Å²) in [6, 6.07) is -1.24. The van der Waals surface area contributed by atoms with Crippen LogP contribution in [0.5, 0.6) is 0 Å². The van der Waals surface area contributed by atoms with Gasteiger partial charge in [0.25, 0.3) is 0 Å². The van der Waals surface area contributed by atoms with Gasteiger partial charge in [0.05, 0.1) is 11.7 Å². The van der Waals surface area contributed by atoms with Gasteiger partial charge in [-0.1, -0.05) is 0 Å². The third kappa shape index (κ3) is 4.35. The van der Waals surface area contributed by atoms with Gasteiger partial charge in [0.1, 0.15) is 6.04 Å². The Kier molecular flexibility index (Phi) is 5.76. The van der Waals surface area contributed by atoms with E-state index in [4.69, 9.17) is 14.6 Å². The molecule has 1 rings (SSSR count). The van der Waals surface area contributed by atoms with Crippen LogP contribution >= 0.6 is 0 Å². The average molecular weight is 288 g/mol. The number of carbonyl (C=O) groups is 2. The summed E-state index contributed by atoms with van der Waals surface area (Å²) < 4.78 is 10.6. The first-order valence-electron chi connectivity index (χ1n) is 6.74. The molecule has 0 aromatic carbocycles. The van der Waals surface area contributed by atoms with E-state index < -0.39 is 23.6 Å². The first kappa shape index (κ1) is 16.7. The van der Waals surface area contributed by atoms with E-state index in [1.807, 2.05) is 20.8 Å². The highest BCUT2D eigenvalue weighted by Crippen LogP contribution is 2.20. The second-order valence-corrected chi connectivity index (χ2v) is 5.45. The SMILES string of the molecule is CCOC(C)(C)CNC(=O)N1CC(OC)CC1C(=O)O. The molecule has 2 atom stereocenters. The smallest absolute Gasteiger partial charge is 0.326 e. The van der Waals surface area contributed by atoms with E-state index in [1.54, 1.807) is 0 Å². The molecule has 1 saturated heterocycles. The van der Waals surface area contributed by atoms with E-state index in [9.17, 15) is 9.59 Å². The lowest BCUT2D eigenvalue weighted by atomic mass is 10.1. The van der Waals surface area contributed by atoms with Crippen molar-refractivity contribution in [3.63, 3.8) is 0 Å². The standard InChI is InChI=1S/C13H24N2O5/c1-5-20-13(2,3)8-14-12(18)15-7-9(19-4)6-10(15)11(16)17/h9-10H,5-8H2,1-4H3,(H,14,18)(H,16,17). The van der Waals surface area contributed by atoms with Gasteiger partial charge in [-0.05, 0) is 20.8 Å². The van der Waals surface area contributed by atoms with Gasteiger partial charge in [-0.3, -0.25) is 0 Å². The molecule has 7 heteroatoms. The minimum absolute atomic E-state index is 0.234. The van der Waals surface area contributed by atoms with Crippen molar-refractivity contribution >= 4 is 12.0 Å². The summed E-state index contributed by atoms with van der Waals surface area (Å²) in [7, 11) is 1.52. The number of hydrogen-bond donors (Lipinski definition) is 2. The van der Waals surface area contributed by atoms with Gasteiger partial charge in [0.2, 0.25) is 0 Å². The molecule has 0 aromatic heterocycles.